The minimum Gasteiger partial charge on any atom is -0.334 e. The Balaban J connectivity index is 1.71. The predicted molar refractivity (Wildman–Crippen MR) is 106 cm³/mol. The molecule has 0 aliphatic carbocycles. The highest BCUT2D eigenvalue weighted by molar-refractivity contribution is 7.22. The molecule has 0 aliphatic heterocycles. The Hall–Kier alpha value is -3.59. The second-order valence-electron chi connectivity index (χ2n) is 5.78. The van der Waals surface area contributed by atoms with Gasteiger partial charge in [-0.3, -0.25) is 10.1 Å². The van der Waals surface area contributed by atoms with Crippen molar-refractivity contribution in [2.45, 2.75) is 6.92 Å². The molecule has 0 amide bonds. The van der Waals surface area contributed by atoms with Crippen LogP contribution in [0.3, 0.4) is 0 Å². The van der Waals surface area contributed by atoms with Crippen molar-refractivity contribution in [2.75, 3.05) is 10.6 Å². The van der Waals surface area contributed by atoms with E-state index in [0.717, 1.165) is 15.8 Å². The first-order valence-corrected chi connectivity index (χ1v) is 8.87. The van der Waals surface area contributed by atoms with Crippen LogP contribution in [0, 0.1) is 17.0 Å². The van der Waals surface area contributed by atoms with Crippen molar-refractivity contribution < 1.29 is 4.92 Å². The molecule has 0 saturated carbocycles. The minimum atomic E-state index is -0.509. The van der Waals surface area contributed by atoms with Gasteiger partial charge in [-0.2, -0.15) is 0 Å². The van der Waals surface area contributed by atoms with Crippen LogP contribution in [0.5, 0.6) is 0 Å². The minimum absolute atomic E-state index is 0.0872. The summed E-state index contributed by atoms with van der Waals surface area (Å²) in [5.41, 5.74) is 2.41. The quantitative estimate of drug-likeness (QED) is 0.380. The second kappa shape index (κ2) is 6.96. The largest absolute Gasteiger partial charge is 0.353 e. The lowest BCUT2D eigenvalue weighted by Gasteiger charge is -2.08. The number of nitrogens with one attached hydrogen (secondary N) is 2. The highest BCUT2D eigenvalue weighted by Gasteiger charge is 2.24. The molecule has 2 N–H and O–H groups in total. The lowest BCUT2D eigenvalue weighted by atomic mass is 10.2. The van der Waals surface area contributed by atoms with Gasteiger partial charge in [0.1, 0.15) is 6.33 Å². The van der Waals surface area contributed by atoms with Gasteiger partial charge in [-0.15, -0.1) is 0 Å². The summed E-state index contributed by atoms with van der Waals surface area (Å²) in [5.74, 6) is 0.199. The Bertz CT molecular complexity index is 1130. The third kappa shape index (κ3) is 3.53. The summed E-state index contributed by atoms with van der Waals surface area (Å²) in [5, 5.41) is 18.1. The van der Waals surface area contributed by atoms with E-state index in [1.807, 2.05) is 43.3 Å². The van der Waals surface area contributed by atoms with Crippen molar-refractivity contribution in [1.82, 2.24) is 15.0 Å². The van der Waals surface area contributed by atoms with E-state index in [-0.39, 0.29) is 17.3 Å². The first kappa shape index (κ1) is 16.9. The number of hydrogen-bond donors (Lipinski definition) is 2. The molecule has 8 nitrogen and oxygen atoms in total. The second-order valence-corrected chi connectivity index (χ2v) is 6.81. The topological polar surface area (TPSA) is 106 Å². The SMILES string of the molecule is Cc1ccc2nc(Nc3ncnc(Nc4ccccc4)c3[N+](=O)[O-])sc2c1. The molecular weight excluding hydrogens is 364 g/mol. The lowest BCUT2D eigenvalue weighted by Crippen LogP contribution is -2.05. The average molecular weight is 378 g/mol. The number of aryl methyl sites for hydroxylation is 1. The Labute approximate surface area is 158 Å². The van der Waals surface area contributed by atoms with Gasteiger partial charge in [-0.1, -0.05) is 35.6 Å². The molecule has 0 radical (unpaired) electrons. The van der Waals surface area contributed by atoms with Gasteiger partial charge in [0.2, 0.25) is 11.6 Å². The number of thiazole rings is 1. The molecule has 4 rings (SSSR count). The van der Waals surface area contributed by atoms with Crippen LogP contribution in [0.15, 0.2) is 54.9 Å². The average Bonchev–Trinajstić information content (AvgIpc) is 3.04. The summed E-state index contributed by atoms with van der Waals surface area (Å²) in [6.07, 6.45) is 1.28. The number of rotatable bonds is 5. The summed E-state index contributed by atoms with van der Waals surface area (Å²) in [4.78, 5) is 23.7. The van der Waals surface area contributed by atoms with Gasteiger partial charge >= 0.3 is 5.69 Å². The van der Waals surface area contributed by atoms with Gasteiger partial charge in [0.25, 0.3) is 0 Å². The van der Waals surface area contributed by atoms with Crippen molar-refractivity contribution >= 4 is 49.7 Å². The highest BCUT2D eigenvalue weighted by atomic mass is 32.1. The van der Waals surface area contributed by atoms with Crippen molar-refractivity contribution in [3.05, 3.63) is 70.5 Å². The van der Waals surface area contributed by atoms with E-state index < -0.39 is 4.92 Å². The zero-order chi connectivity index (χ0) is 18.8. The molecule has 2 heterocycles. The molecule has 0 spiro atoms. The predicted octanol–water partition coefficient (Wildman–Crippen LogP) is 4.79. The number of fused-ring (bicyclic) bond motifs is 1. The number of anilines is 4. The Morgan fingerprint density at radius 1 is 1.04 bits per heavy atom. The van der Waals surface area contributed by atoms with E-state index >= 15 is 0 Å². The standard InChI is InChI=1S/C18H14N6O2S/c1-11-7-8-13-14(9-11)27-18(22-13)23-17-15(24(25)26)16(19-10-20-17)21-12-5-3-2-4-6-12/h2-10H,1H3,(H2,19,20,21,22,23). The summed E-state index contributed by atoms with van der Waals surface area (Å²) in [6, 6.07) is 15.0. The van der Waals surface area contributed by atoms with Crippen LogP contribution < -0.4 is 10.6 Å². The molecular formula is C18H14N6O2S. The van der Waals surface area contributed by atoms with E-state index in [0.29, 0.717) is 10.8 Å². The number of benzene rings is 2. The fraction of sp³-hybridized carbons (Fsp3) is 0.0556. The van der Waals surface area contributed by atoms with Gasteiger partial charge in [-0.05, 0) is 36.8 Å². The Morgan fingerprint density at radius 3 is 2.52 bits per heavy atom. The zero-order valence-corrected chi connectivity index (χ0v) is 15.0. The summed E-state index contributed by atoms with van der Waals surface area (Å²) < 4.78 is 0.997. The van der Waals surface area contributed by atoms with Crippen LogP contribution in [0.1, 0.15) is 5.56 Å². The molecule has 0 saturated heterocycles. The number of para-hydroxylation sites is 1. The monoisotopic (exact) mass is 378 g/mol. The normalized spacial score (nSPS) is 10.7. The molecule has 0 atom stereocenters. The van der Waals surface area contributed by atoms with E-state index in [1.165, 1.54) is 17.7 Å². The van der Waals surface area contributed by atoms with Crippen molar-refractivity contribution in [2.24, 2.45) is 0 Å². The van der Waals surface area contributed by atoms with Crippen LogP contribution in [-0.4, -0.2) is 19.9 Å². The highest BCUT2D eigenvalue weighted by Crippen LogP contribution is 2.35. The van der Waals surface area contributed by atoms with E-state index in [1.54, 1.807) is 12.1 Å². The molecule has 0 bridgehead atoms. The molecule has 9 heteroatoms. The van der Waals surface area contributed by atoms with Crippen LogP contribution >= 0.6 is 11.3 Å². The lowest BCUT2D eigenvalue weighted by molar-refractivity contribution is -0.383. The number of nitro groups is 1. The fourth-order valence-electron chi connectivity index (χ4n) is 2.58. The first-order valence-electron chi connectivity index (χ1n) is 8.06. The van der Waals surface area contributed by atoms with E-state index in [4.69, 9.17) is 0 Å². The Kier molecular flexibility index (Phi) is 4.35. The molecule has 0 unspecified atom stereocenters. The van der Waals surface area contributed by atoms with Crippen molar-refractivity contribution in [3.8, 4) is 0 Å². The summed E-state index contributed by atoms with van der Waals surface area (Å²) >= 11 is 1.41. The maximum absolute atomic E-state index is 11.7. The van der Waals surface area contributed by atoms with Gasteiger partial charge < -0.3 is 10.6 Å². The third-order valence-corrected chi connectivity index (χ3v) is 4.74. The maximum Gasteiger partial charge on any atom is 0.353 e. The van der Waals surface area contributed by atoms with Gasteiger partial charge in [0, 0.05) is 5.69 Å². The van der Waals surface area contributed by atoms with Gasteiger partial charge in [0.05, 0.1) is 15.1 Å². The number of nitrogens with zero attached hydrogens (tertiary/aromatic N) is 4. The molecule has 2 aromatic carbocycles. The van der Waals surface area contributed by atoms with Crippen LogP contribution in [-0.2, 0) is 0 Å². The van der Waals surface area contributed by atoms with Crippen molar-refractivity contribution in [1.29, 1.82) is 0 Å². The molecule has 4 aromatic rings. The summed E-state index contributed by atoms with van der Waals surface area (Å²) in [6.45, 7) is 2.00. The first-order chi connectivity index (χ1) is 13.1. The third-order valence-electron chi connectivity index (χ3n) is 3.81. The van der Waals surface area contributed by atoms with Crippen LogP contribution in [0.25, 0.3) is 10.2 Å². The van der Waals surface area contributed by atoms with Gasteiger partial charge in [-0.25, -0.2) is 15.0 Å². The summed E-state index contributed by atoms with van der Waals surface area (Å²) in [7, 11) is 0. The number of hydrogen-bond acceptors (Lipinski definition) is 8. The molecule has 0 fully saturated rings. The van der Waals surface area contributed by atoms with Gasteiger partial charge in [0.15, 0.2) is 5.13 Å². The molecule has 27 heavy (non-hydrogen) atoms. The molecule has 134 valence electrons. The maximum atomic E-state index is 11.7. The zero-order valence-electron chi connectivity index (χ0n) is 14.2. The smallest absolute Gasteiger partial charge is 0.334 e. The van der Waals surface area contributed by atoms with Crippen molar-refractivity contribution in [3.63, 3.8) is 0 Å². The van der Waals surface area contributed by atoms with Crippen LogP contribution in [0.2, 0.25) is 0 Å². The number of aromatic nitrogens is 3. The fourth-order valence-corrected chi connectivity index (χ4v) is 3.54. The van der Waals surface area contributed by atoms with Crippen LogP contribution in [0.4, 0.5) is 28.1 Å². The Morgan fingerprint density at radius 2 is 1.78 bits per heavy atom. The molecule has 2 aromatic heterocycles. The molecule has 0 aliphatic rings. The van der Waals surface area contributed by atoms with E-state index in [2.05, 4.69) is 25.6 Å². The van der Waals surface area contributed by atoms with E-state index in [9.17, 15) is 10.1 Å².